The summed E-state index contributed by atoms with van der Waals surface area (Å²) in [7, 11) is 8.01. The van der Waals surface area contributed by atoms with Gasteiger partial charge in [0.05, 0.1) is 0 Å². The average Bonchev–Trinajstić information content (AvgIpc) is 2.70. The Labute approximate surface area is 114 Å². The van der Waals surface area contributed by atoms with E-state index in [1.807, 2.05) is 19.0 Å². The summed E-state index contributed by atoms with van der Waals surface area (Å²) in [5.41, 5.74) is 5.77. The van der Waals surface area contributed by atoms with Crippen LogP contribution in [0, 0.1) is 5.92 Å². The molecular weight excluding hydrogens is 242 g/mol. The van der Waals surface area contributed by atoms with Crippen LogP contribution < -0.4 is 15.5 Å². The van der Waals surface area contributed by atoms with Crippen molar-refractivity contribution in [1.29, 1.82) is 0 Å². The largest absolute Gasteiger partial charge is 0.368 e. The molecule has 19 heavy (non-hydrogen) atoms. The maximum absolute atomic E-state index is 5.77. The number of aromatic nitrogens is 3. The molecule has 0 bridgehead atoms. The van der Waals surface area contributed by atoms with Crippen molar-refractivity contribution in [2.75, 3.05) is 56.8 Å². The van der Waals surface area contributed by atoms with Crippen molar-refractivity contribution >= 4 is 17.8 Å². The van der Waals surface area contributed by atoms with Crippen LogP contribution in [-0.2, 0) is 0 Å². The summed E-state index contributed by atoms with van der Waals surface area (Å²) in [5.74, 6) is 2.13. The second-order valence-electron chi connectivity index (χ2n) is 5.60. The fraction of sp³-hybridized carbons (Fsp3) is 0.750. The van der Waals surface area contributed by atoms with Crippen molar-refractivity contribution in [3.63, 3.8) is 0 Å². The van der Waals surface area contributed by atoms with Crippen LogP contribution in [0.5, 0.6) is 0 Å². The van der Waals surface area contributed by atoms with Crippen LogP contribution in [0.1, 0.15) is 6.92 Å². The number of nitrogens with two attached hydrogens (primary N) is 1. The molecule has 1 aromatic heterocycles. The molecule has 0 radical (unpaired) electrons. The monoisotopic (exact) mass is 265 g/mol. The van der Waals surface area contributed by atoms with Crippen LogP contribution in [-0.4, -0.2) is 67.2 Å². The van der Waals surface area contributed by atoms with E-state index >= 15 is 0 Å². The van der Waals surface area contributed by atoms with Gasteiger partial charge in [0.25, 0.3) is 0 Å². The molecule has 2 rings (SSSR count). The van der Waals surface area contributed by atoms with Gasteiger partial charge < -0.3 is 20.4 Å². The highest BCUT2D eigenvalue weighted by molar-refractivity contribution is 5.43. The Morgan fingerprint density at radius 3 is 2.32 bits per heavy atom. The predicted molar refractivity (Wildman–Crippen MR) is 77.4 cm³/mol. The molecule has 1 fully saturated rings. The lowest BCUT2D eigenvalue weighted by Gasteiger charge is -2.22. The summed E-state index contributed by atoms with van der Waals surface area (Å²) < 4.78 is 0. The molecule has 106 valence electrons. The van der Waals surface area contributed by atoms with E-state index in [-0.39, 0.29) is 5.95 Å². The van der Waals surface area contributed by atoms with E-state index in [4.69, 9.17) is 5.73 Å². The van der Waals surface area contributed by atoms with Crippen molar-refractivity contribution < 1.29 is 0 Å². The normalized spacial score (nSPS) is 23.2. The van der Waals surface area contributed by atoms with Crippen LogP contribution in [0.4, 0.5) is 17.8 Å². The molecule has 2 heterocycles. The Morgan fingerprint density at radius 2 is 1.79 bits per heavy atom. The van der Waals surface area contributed by atoms with Gasteiger partial charge >= 0.3 is 0 Å². The van der Waals surface area contributed by atoms with Gasteiger partial charge in [-0.2, -0.15) is 15.0 Å². The highest BCUT2D eigenvalue weighted by Gasteiger charge is 2.32. The summed E-state index contributed by atoms with van der Waals surface area (Å²) in [6.07, 6.45) is 0. The molecular formula is C12H23N7. The Hall–Kier alpha value is -1.63. The van der Waals surface area contributed by atoms with Gasteiger partial charge in [-0.1, -0.05) is 6.92 Å². The second-order valence-corrected chi connectivity index (χ2v) is 5.60. The Kier molecular flexibility index (Phi) is 3.75. The standard InChI is InChI=1S/C12H23N7/c1-8-6-19(7-9(8)17(2)3)12-15-10(13)14-11(16-12)18(4)5/h8-9H,6-7H2,1-5H3,(H2,13,14,15,16). The SMILES string of the molecule is CC1CN(c2nc(N)nc(N(C)C)n2)CC1N(C)C. The fourth-order valence-electron chi connectivity index (χ4n) is 2.50. The van der Waals surface area contributed by atoms with Crippen LogP contribution in [0.15, 0.2) is 0 Å². The first-order valence-electron chi connectivity index (χ1n) is 6.48. The molecule has 0 aromatic carbocycles. The zero-order valence-corrected chi connectivity index (χ0v) is 12.3. The number of nitrogen functional groups attached to an aromatic ring is 1. The fourth-order valence-corrected chi connectivity index (χ4v) is 2.50. The minimum absolute atomic E-state index is 0.273. The summed E-state index contributed by atoms with van der Waals surface area (Å²) in [4.78, 5) is 19.1. The van der Waals surface area contributed by atoms with Crippen molar-refractivity contribution in [1.82, 2.24) is 19.9 Å². The molecule has 2 atom stereocenters. The van der Waals surface area contributed by atoms with Crippen molar-refractivity contribution in [3.05, 3.63) is 0 Å². The minimum atomic E-state index is 0.273. The van der Waals surface area contributed by atoms with Gasteiger partial charge in [-0.15, -0.1) is 0 Å². The van der Waals surface area contributed by atoms with Crippen LogP contribution in [0.2, 0.25) is 0 Å². The van der Waals surface area contributed by atoms with Gasteiger partial charge in [-0.25, -0.2) is 0 Å². The van der Waals surface area contributed by atoms with Crippen molar-refractivity contribution in [2.45, 2.75) is 13.0 Å². The van der Waals surface area contributed by atoms with E-state index in [0.29, 0.717) is 23.9 Å². The summed E-state index contributed by atoms with van der Waals surface area (Å²) in [6, 6.07) is 0.515. The molecule has 1 aliphatic rings. The molecule has 1 aliphatic heterocycles. The lowest BCUT2D eigenvalue weighted by molar-refractivity contribution is 0.266. The molecule has 0 amide bonds. The number of hydrogen-bond donors (Lipinski definition) is 1. The summed E-state index contributed by atoms with van der Waals surface area (Å²) >= 11 is 0. The van der Waals surface area contributed by atoms with Gasteiger partial charge in [-0.05, 0) is 20.0 Å². The molecule has 7 nitrogen and oxygen atoms in total. The van der Waals surface area contributed by atoms with E-state index in [0.717, 1.165) is 13.1 Å². The average molecular weight is 265 g/mol. The van der Waals surface area contributed by atoms with Crippen LogP contribution >= 0.6 is 0 Å². The smallest absolute Gasteiger partial charge is 0.232 e. The highest BCUT2D eigenvalue weighted by Crippen LogP contribution is 2.24. The Morgan fingerprint density at radius 1 is 1.11 bits per heavy atom. The second kappa shape index (κ2) is 5.16. The minimum Gasteiger partial charge on any atom is -0.368 e. The first-order valence-corrected chi connectivity index (χ1v) is 6.48. The summed E-state index contributed by atoms with van der Waals surface area (Å²) in [5, 5.41) is 0. The number of rotatable bonds is 3. The van der Waals surface area contributed by atoms with E-state index in [9.17, 15) is 0 Å². The lowest BCUT2D eigenvalue weighted by Crippen LogP contribution is -2.34. The van der Waals surface area contributed by atoms with Crippen molar-refractivity contribution in [3.8, 4) is 0 Å². The molecule has 1 aromatic rings. The van der Waals surface area contributed by atoms with Crippen LogP contribution in [0.25, 0.3) is 0 Å². The van der Waals surface area contributed by atoms with Gasteiger partial charge in [0.1, 0.15) is 0 Å². The third-order valence-electron chi connectivity index (χ3n) is 3.55. The van der Waals surface area contributed by atoms with Gasteiger partial charge in [0.2, 0.25) is 17.8 Å². The van der Waals surface area contributed by atoms with Gasteiger partial charge in [0, 0.05) is 33.2 Å². The third kappa shape index (κ3) is 2.86. The molecule has 1 saturated heterocycles. The topological polar surface area (TPSA) is 74.4 Å². The molecule has 0 aliphatic carbocycles. The predicted octanol–water partition coefficient (Wildman–Crippen LogP) is -0.0939. The maximum Gasteiger partial charge on any atom is 0.232 e. The quantitative estimate of drug-likeness (QED) is 0.818. The highest BCUT2D eigenvalue weighted by atomic mass is 15.4. The molecule has 7 heteroatoms. The molecule has 0 spiro atoms. The number of nitrogens with zero attached hydrogens (tertiary/aromatic N) is 6. The first-order chi connectivity index (χ1) is 8.88. The van der Waals surface area contributed by atoms with E-state index < -0.39 is 0 Å². The molecule has 2 unspecified atom stereocenters. The third-order valence-corrected chi connectivity index (χ3v) is 3.55. The Bertz CT molecular complexity index is 446. The van der Waals surface area contributed by atoms with Crippen LogP contribution in [0.3, 0.4) is 0 Å². The van der Waals surface area contributed by atoms with E-state index in [2.05, 4.69) is 45.8 Å². The number of likely N-dealkylation sites (N-methyl/N-ethyl adjacent to an activating group) is 1. The summed E-state index contributed by atoms with van der Waals surface area (Å²) in [6.45, 7) is 4.12. The van der Waals surface area contributed by atoms with Gasteiger partial charge in [-0.3, -0.25) is 0 Å². The van der Waals surface area contributed by atoms with E-state index in [1.54, 1.807) is 0 Å². The number of hydrogen-bond acceptors (Lipinski definition) is 7. The Balaban J connectivity index is 2.23. The maximum atomic E-state index is 5.77. The zero-order valence-electron chi connectivity index (χ0n) is 12.3. The molecule has 2 N–H and O–H groups in total. The van der Waals surface area contributed by atoms with E-state index in [1.165, 1.54) is 0 Å². The zero-order chi connectivity index (χ0) is 14.2. The van der Waals surface area contributed by atoms with Crippen molar-refractivity contribution in [2.24, 2.45) is 5.92 Å². The number of anilines is 3. The molecule has 0 saturated carbocycles. The first kappa shape index (κ1) is 13.8. The lowest BCUT2D eigenvalue weighted by atomic mass is 10.1. The van der Waals surface area contributed by atoms with Gasteiger partial charge in [0.15, 0.2) is 0 Å².